The largest absolute Gasteiger partial charge is 0.396 e. The fourth-order valence-corrected chi connectivity index (χ4v) is 3.88. The van der Waals surface area contributed by atoms with Crippen molar-refractivity contribution in [2.45, 2.75) is 51.3 Å². The van der Waals surface area contributed by atoms with Gasteiger partial charge in [0.1, 0.15) is 11.6 Å². The number of nitrogens with one attached hydrogen (secondary N) is 1. The molecule has 3 rings (SSSR count). The minimum atomic E-state index is -0.544. The van der Waals surface area contributed by atoms with E-state index in [0.29, 0.717) is 19.4 Å². The van der Waals surface area contributed by atoms with Crippen LogP contribution in [0.5, 0.6) is 0 Å². The first-order chi connectivity index (χ1) is 13.0. The van der Waals surface area contributed by atoms with E-state index in [-0.39, 0.29) is 36.2 Å². The van der Waals surface area contributed by atoms with Crippen molar-refractivity contribution in [2.24, 2.45) is 11.8 Å². The number of hydrogen-bond acceptors (Lipinski definition) is 5. The van der Waals surface area contributed by atoms with Gasteiger partial charge in [0.05, 0.1) is 6.10 Å². The van der Waals surface area contributed by atoms with E-state index in [4.69, 9.17) is 0 Å². The summed E-state index contributed by atoms with van der Waals surface area (Å²) in [5, 5.41) is 23.7. The molecular formula is C21H28FN3O2. The molecule has 0 bridgehead atoms. The number of nitrogens with zero attached hydrogens (tertiary/aromatic N) is 2. The molecule has 5 nitrogen and oxygen atoms in total. The number of hydrogen-bond donors (Lipinski definition) is 3. The van der Waals surface area contributed by atoms with Crippen molar-refractivity contribution < 1.29 is 14.6 Å². The van der Waals surface area contributed by atoms with Crippen molar-refractivity contribution in [2.75, 3.05) is 6.61 Å². The highest BCUT2D eigenvalue weighted by atomic mass is 19.1. The lowest BCUT2D eigenvalue weighted by Crippen LogP contribution is -2.36. The third kappa shape index (κ3) is 4.89. The quantitative estimate of drug-likeness (QED) is 0.695. The Labute approximate surface area is 159 Å². The summed E-state index contributed by atoms with van der Waals surface area (Å²) < 4.78 is 13.1. The monoisotopic (exact) mass is 373 g/mol. The van der Waals surface area contributed by atoms with Gasteiger partial charge in [-0.05, 0) is 42.5 Å². The lowest BCUT2D eigenvalue weighted by atomic mass is 9.88. The number of aromatic nitrogens is 2. The van der Waals surface area contributed by atoms with E-state index >= 15 is 0 Å². The highest BCUT2D eigenvalue weighted by molar-refractivity contribution is 5.16. The SMILES string of the molecule is CC(C)c1nccc(CC2C(NCc3ccc(F)cc3)CC(O)C2CO)n1. The maximum atomic E-state index is 13.1. The lowest BCUT2D eigenvalue weighted by Gasteiger charge is -2.25. The molecule has 0 spiro atoms. The Bertz CT molecular complexity index is 738. The third-order valence-electron chi connectivity index (χ3n) is 5.44. The third-order valence-corrected chi connectivity index (χ3v) is 5.44. The van der Waals surface area contributed by atoms with Crippen molar-refractivity contribution in [3.8, 4) is 0 Å². The number of aliphatic hydroxyl groups excluding tert-OH is 2. The Hall–Kier alpha value is -1.89. The van der Waals surface area contributed by atoms with Crippen molar-refractivity contribution >= 4 is 0 Å². The van der Waals surface area contributed by atoms with Crippen LogP contribution in [0.3, 0.4) is 0 Å². The van der Waals surface area contributed by atoms with Gasteiger partial charge in [-0.2, -0.15) is 0 Å². The Morgan fingerprint density at radius 3 is 2.59 bits per heavy atom. The predicted molar refractivity (Wildman–Crippen MR) is 102 cm³/mol. The van der Waals surface area contributed by atoms with Gasteiger partial charge in [0.25, 0.3) is 0 Å². The van der Waals surface area contributed by atoms with E-state index in [1.807, 2.05) is 6.07 Å². The summed E-state index contributed by atoms with van der Waals surface area (Å²) in [5.74, 6) is 0.689. The summed E-state index contributed by atoms with van der Waals surface area (Å²) in [6.07, 6.45) is 2.49. The van der Waals surface area contributed by atoms with Gasteiger partial charge in [-0.3, -0.25) is 0 Å². The normalized spacial score (nSPS) is 25.3. The maximum Gasteiger partial charge on any atom is 0.131 e. The van der Waals surface area contributed by atoms with E-state index in [0.717, 1.165) is 17.1 Å². The topological polar surface area (TPSA) is 78.3 Å². The van der Waals surface area contributed by atoms with Gasteiger partial charge < -0.3 is 15.5 Å². The fourth-order valence-electron chi connectivity index (χ4n) is 3.88. The van der Waals surface area contributed by atoms with E-state index < -0.39 is 6.10 Å². The van der Waals surface area contributed by atoms with E-state index in [1.165, 1.54) is 12.1 Å². The minimum Gasteiger partial charge on any atom is -0.396 e. The molecule has 2 aromatic rings. The molecule has 1 aromatic carbocycles. The summed E-state index contributed by atoms with van der Waals surface area (Å²) in [7, 11) is 0. The second-order valence-electron chi connectivity index (χ2n) is 7.69. The lowest BCUT2D eigenvalue weighted by molar-refractivity contribution is 0.0716. The molecule has 0 radical (unpaired) electrons. The Kier molecular flexibility index (Phi) is 6.52. The molecule has 0 saturated heterocycles. The molecule has 4 atom stereocenters. The van der Waals surface area contributed by atoms with Crippen molar-refractivity contribution in [1.82, 2.24) is 15.3 Å². The Morgan fingerprint density at radius 1 is 1.19 bits per heavy atom. The molecule has 0 amide bonds. The van der Waals surface area contributed by atoms with Gasteiger partial charge in [0.2, 0.25) is 0 Å². The first-order valence-corrected chi connectivity index (χ1v) is 9.56. The first kappa shape index (κ1) is 19.9. The van der Waals surface area contributed by atoms with Crippen molar-refractivity contribution in [1.29, 1.82) is 0 Å². The van der Waals surface area contributed by atoms with Crippen LogP contribution in [0.1, 0.15) is 43.3 Å². The minimum absolute atomic E-state index is 0.0529. The van der Waals surface area contributed by atoms with Crippen LogP contribution < -0.4 is 5.32 Å². The van der Waals surface area contributed by atoms with Crippen LogP contribution in [0.15, 0.2) is 36.5 Å². The molecule has 1 aromatic heterocycles. The molecule has 3 N–H and O–H groups in total. The van der Waals surface area contributed by atoms with E-state index in [1.54, 1.807) is 18.3 Å². The molecule has 1 heterocycles. The highest BCUT2D eigenvalue weighted by Crippen LogP contribution is 2.35. The molecule has 27 heavy (non-hydrogen) atoms. The van der Waals surface area contributed by atoms with E-state index in [9.17, 15) is 14.6 Å². The summed E-state index contributed by atoms with van der Waals surface area (Å²) in [4.78, 5) is 8.96. The molecular weight excluding hydrogens is 345 g/mol. The molecule has 1 aliphatic rings. The van der Waals surface area contributed by atoms with Crippen LogP contribution in [0.2, 0.25) is 0 Å². The molecule has 146 valence electrons. The van der Waals surface area contributed by atoms with Gasteiger partial charge >= 0.3 is 0 Å². The van der Waals surface area contributed by atoms with Crippen LogP contribution in [-0.4, -0.2) is 38.9 Å². The predicted octanol–water partition coefficient (Wildman–Crippen LogP) is 2.43. The molecule has 6 heteroatoms. The number of halogens is 1. The zero-order valence-corrected chi connectivity index (χ0v) is 15.8. The molecule has 1 fully saturated rings. The van der Waals surface area contributed by atoms with E-state index in [2.05, 4.69) is 29.1 Å². The maximum absolute atomic E-state index is 13.1. The average molecular weight is 373 g/mol. The number of benzene rings is 1. The average Bonchev–Trinajstić information content (AvgIpc) is 2.96. The number of aliphatic hydroxyl groups is 2. The van der Waals surface area contributed by atoms with Crippen molar-refractivity contribution in [3.05, 3.63) is 59.4 Å². The van der Waals surface area contributed by atoms with Crippen LogP contribution in [-0.2, 0) is 13.0 Å². The van der Waals surface area contributed by atoms with Crippen LogP contribution in [0, 0.1) is 17.7 Å². The molecule has 0 aliphatic heterocycles. The van der Waals surface area contributed by atoms with Gasteiger partial charge in [-0.25, -0.2) is 14.4 Å². The fraction of sp³-hybridized carbons (Fsp3) is 0.524. The molecule has 4 unspecified atom stereocenters. The summed E-state index contributed by atoms with van der Waals surface area (Å²) in [5.41, 5.74) is 1.92. The standard InChI is InChI=1S/C21H28FN3O2/c1-13(2)21-23-8-7-16(25-21)9-17-18(12-26)20(27)10-19(17)24-11-14-3-5-15(22)6-4-14/h3-8,13,17-20,24,26-27H,9-12H2,1-2H3. The Balaban J connectivity index is 1.72. The number of rotatable bonds is 7. The van der Waals surface area contributed by atoms with Gasteiger partial charge in [0.15, 0.2) is 0 Å². The van der Waals surface area contributed by atoms with Gasteiger partial charge in [-0.1, -0.05) is 26.0 Å². The highest BCUT2D eigenvalue weighted by Gasteiger charge is 2.42. The van der Waals surface area contributed by atoms with Gasteiger partial charge in [-0.15, -0.1) is 0 Å². The smallest absolute Gasteiger partial charge is 0.131 e. The van der Waals surface area contributed by atoms with Crippen LogP contribution in [0.25, 0.3) is 0 Å². The first-order valence-electron chi connectivity index (χ1n) is 9.56. The Morgan fingerprint density at radius 2 is 1.93 bits per heavy atom. The zero-order valence-electron chi connectivity index (χ0n) is 15.8. The van der Waals surface area contributed by atoms with Gasteiger partial charge in [0, 0.05) is 42.9 Å². The van der Waals surface area contributed by atoms with Crippen molar-refractivity contribution in [3.63, 3.8) is 0 Å². The second kappa shape index (κ2) is 8.87. The van der Waals surface area contributed by atoms with Crippen LogP contribution >= 0.6 is 0 Å². The summed E-state index contributed by atoms with van der Waals surface area (Å²) in [6, 6.07) is 8.37. The zero-order chi connectivity index (χ0) is 19.4. The molecule has 1 aliphatic carbocycles. The summed E-state index contributed by atoms with van der Waals surface area (Å²) in [6.45, 7) is 4.65. The summed E-state index contributed by atoms with van der Waals surface area (Å²) >= 11 is 0. The molecule has 1 saturated carbocycles. The second-order valence-corrected chi connectivity index (χ2v) is 7.69. The van der Waals surface area contributed by atoms with Crippen LogP contribution in [0.4, 0.5) is 4.39 Å².